The van der Waals surface area contributed by atoms with Crippen molar-refractivity contribution >= 4 is 17.6 Å². The van der Waals surface area contributed by atoms with Gasteiger partial charge in [0.15, 0.2) is 6.61 Å². The fraction of sp³-hybridized carbons (Fsp3) is 0.0909. The second-order valence-electron chi connectivity index (χ2n) is 3.06. The number of fused-ring (bicyclic) bond motifs is 1. The number of carbonyl (C=O) groups excluding carboxylic acids is 2. The molecule has 0 fully saturated rings. The van der Waals surface area contributed by atoms with E-state index in [1.165, 1.54) is 0 Å². The summed E-state index contributed by atoms with van der Waals surface area (Å²) >= 11 is 0. The molecule has 16 heavy (non-hydrogen) atoms. The summed E-state index contributed by atoms with van der Waals surface area (Å²) in [4.78, 5) is 27.4. The van der Waals surface area contributed by atoms with Crippen molar-refractivity contribution in [1.82, 2.24) is 0 Å². The standard InChI is InChI=1S/C11H9NO4/c1-2-11(14)16-12-8-5-3-4-6-9(8)15-7-10(12)13/h2-6H,1,7H2. The largest absolute Gasteiger partial charge is 0.481 e. The predicted molar refractivity (Wildman–Crippen MR) is 55.7 cm³/mol. The van der Waals surface area contributed by atoms with Gasteiger partial charge >= 0.3 is 5.97 Å². The number of amides is 1. The van der Waals surface area contributed by atoms with Gasteiger partial charge < -0.3 is 9.57 Å². The molecule has 2 rings (SSSR count). The number of nitrogens with zero attached hydrogens (tertiary/aromatic N) is 1. The molecule has 1 aliphatic rings. The van der Waals surface area contributed by atoms with E-state index in [0.717, 1.165) is 11.1 Å². The van der Waals surface area contributed by atoms with Gasteiger partial charge in [-0.2, -0.15) is 0 Å². The van der Waals surface area contributed by atoms with Crippen LogP contribution in [0.5, 0.6) is 5.75 Å². The number of rotatable bonds is 2. The summed E-state index contributed by atoms with van der Waals surface area (Å²) in [5.74, 6) is -0.627. The third-order valence-corrected chi connectivity index (χ3v) is 2.01. The Morgan fingerprint density at radius 2 is 2.25 bits per heavy atom. The molecular formula is C11H9NO4. The molecular weight excluding hydrogens is 210 g/mol. The van der Waals surface area contributed by atoms with Crippen LogP contribution in [0.3, 0.4) is 0 Å². The van der Waals surface area contributed by atoms with Gasteiger partial charge in [-0.05, 0) is 12.1 Å². The highest BCUT2D eigenvalue weighted by atomic mass is 16.7. The van der Waals surface area contributed by atoms with Gasteiger partial charge in [0, 0.05) is 6.08 Å². The SMILES string of the molecule is C=CC(=O)ON1C(=O)COc2ccccc21. The number of anilines is 1. The molecule has 0 saturated heterocycles. The average Bonchev–Trinajstić information content (AvgIpc) is 2.32. The molecule has 0 bridgehead atoms. The Balaban J connectivity index is 2.33. The van der Waals surface area contributed by atoms with Crippen LogP contribution >= 0.6 is 0 Å². The normalized spacial score (nSPS) is 13.8. The molecule has 1 aromatic rings. The number of para-hydroxylation sites is 2. The molecule has 0 N–H and O–H groups in total. The van der Waals surface area contributed by atoms with E-state index >= 15 is 0 Å². The highest BCUT2D eigenvalue weighted by molar-refractivity contribution is 5.98. The van der Waals surface area contributed by atoms with Gasteiger partial charge in [-0.1, -0.05) is 18.7 Å². The van der Waals surface area contributed by atoms with Crippen LogP contribution < -0.4 is 9.80 Å². The van der Waals surface area contributed by atoms with Crippen molar-refractivity contribution in [2.75, 3.05) is 11.7 Å². The van der Waals surface area contributed by atoms with Crippen LogP contribution in [0.4, 0.5) is 5.69 Å². The van der Waals surface area contributed by atoms with Crippen molar-refractivity contribution < 1.29 is 19.2 Å². The zero-order chi connectivity index (χ0) is 11.5. The summed E-state index contributed by atoms with van der Waals surface area (Å²) in [6, 6.07) is 6.80. The maximum Gasteiger partial charge on any atom is 0.356 e. The Labute approximate surface area is 91.8 Å². The molecule has 82 valence electrons. The maximum absolute atomic E-state index is 11.5. The first-order valence-electron chi connectivity index (χ1n) is 4.61. The summed E-state index contributed by atoms with van der Waals surface area (Å²) in [7, 11) is 0. The monoisotopic (exact) mass is 219 g/mol. The van der Waals surface area contributed by atoms with Crippen molar-refractivity contribution in [3.8, 4) is 5.75 Å². The molecule has 0 radical (unpaired) electrons. The van der Waals surface area contributed by atoms with Crippen molar-refractivity contribution in [2.24, 2.45) is 0 Å². The summed E-state index contributed by atoms with van der Waals surface area (Å²) in [5, 5.41) is 0.919. The number of benzene rings is 1. The fourth-order valence-corrected chi connectivity index (χ4v) is 1.31. The highest BCUT2D eigenvalue weighted by Gasteiger charge is 2.28. The van der Waals surface area contributed by atoms with Crippen LogP contribution in [0.25, 0.3) is 0 Å². The summed E-state index contributed by atoms with van der Waals surface area (Å²) in [6.45, 7) is 3.11. The minimum Gasteiger partial charge on any atom is -0.481 e. The third kappa shape index (κ3) is 1.75. The van der Waals surface area contributed by atoms with Gasteiger partial charge in [0.1, 0.15) is 11.4 Å². The maximum atomic E-state index is 11.5. The van der Waals surface area contributed by atoms with Crippen LogP contribution in [0.2, 0.25) is 0 Å². The van der Waals surface area contributed by atoms with Crippen LogP contribution in [0, 0.1) is 0 Å². The first kappa shape index (κ1) is 10.2. The second kappa shape index (κ2) is 4.06. The Hall–Kier alpha value is -2.30. The van der Waals surface area contributed by atoms with Crippen LogP contribution in [0.1, 0.15) is 0 Å². The molecule has 0 aliphatic carbocycles. The number of hydrogen-bond donors (Lipinski definition) is 0. The van der Waals surface area contributed by atoms with Crippen molar-refractivity contribution in [1.29, 1.82) is 0 Å². The summed E-state index contributed by atoms with van der Waals surface area (Å²) < 4.78 is 5.17. The van der Waals surface area contributed by atoms with Crippen LogP contribution in [0.15, 0.2) is 36.9 Å². The smallest absolute Gasteiger partial charge is 0.356 e. The Kier molecular flexibility index (Phi) is 2.59. The van der Waals surface area contributed by atoms with Gasteiger partial charge in [-0.25, -0.2) is 4.79 Å². The van der Waals surface area contributed by atoms with E-state index in [0.29, 0.717) is 11.4 Å². The van der Waals surface area contributed by atoms with Crippen molar-refractivity contribution in [3.05, 3.63) is 36.9 Å². The number of ether oxygens (including phenoxy) is 1. The molecule has 0 aromatic heterocycles. The quantitative estimate of drug-likeness (QED) is 0.698. The van der Waals surface area contributed by atoms with Crippen molar-refractivity contribution in [3.63, 3.8) is 0 Å². The second-order valence-corrected chi connectivity index (χ2v) is 3.06. The van der Waals surface area contributed by atoms with E-state index in [9.17, 15) is 9.59 Å². The number of carbonyl (C=O) groups is 2. The molecule has 1 heterocycles. The summed E-state index contributed by atoms with van der Waals surface area (Å²) in [5.41, 5.74) is 0.411. The molecule has 0 atom stereocenters. The first-order valence-corrected chi connectivity index (χ1v) is 4.61. The van der Waals surface area contributed by atoms with Crippen LogP contribution in [-0.4, -0.2) is 18.5 Å². The van der Waals surface area contributed by atoms with E-state index in [2.05, 4.69) is 6.58 Å². The molecule has 0 spiro atoms. The lowest BCUT2D eigenvalue weighted by Crippen LogP contribution is -2.40. The Morgan fingerprint density at radius 1 is 1.50 bits per heavy atom. The van der Waals surface area contributed by atoms with E-state index in [1.54, 1.807) is 24.3 Å². The highest BCUT2D eigenvalue weighted by Crippen LogP contribution is 2.31. The number of hydroxylamine groups is 1. The Morgan fingerprint density at radius 3 is 3.00 bits per heavy atom. The van der Waals surface area contributed by atoms with Gasteiger partial charge in [0.25, 0.3) is 5.91 Å². The lowest BCUT2D eigenvalue weighted by atomic mass is 10.2. The van der Waals surface area contributed by atoms with Gasteiger partial charge in [0.05, 0.1) is 0 Å². The molecule has 1 amide bonds. The first-order chi connectivity index (χ1) is 7.72. The zero-order valence-corrected chi connectivity index (χ0v) is 8.38. The molecule has 1 aromatic carbocycles. The Bertz CT molecular complexity index is 455. The van der Waals surface area contributed by atoms with Crippen LogP contribution in [-0.2, 0) is 14.4 Å². The topological polar surface area (TPSA) is 55.8 Å². The minimum absolute atomic E-state index is 0.151. The predicted octanol–water partition coefficient (Wildman–Crippen LogP) is 1.06. The minimum atomic E-state index is -0.690. The lowest BCUT2D eigenvalue weighted by Gasteiger charge is -2.26. The zero-order valence-electron chi connectivity index (χ0n) is 8.38. The molecule has 1 aliphatic heterocycles. The molecule has 0 saturated carbocycles. The fourth-order valence-electron chi connectivity index (χ4n) is 1.31. The van der Waals surface area contributed by atoms with E-state index < -0.39 is 11.9 Å². The molecule has 0 unspecified atom stereocenters. The van der Waals surface area contributed by atoms with Gasteiger partial charge in [-0.3, -0.25) is 4.79 Å². The molecule has 5 nitrogen and oxygen atoms in total. The van der Waals surface area contributed by atoms with E-state index in [4.69, 9.17) is 9.57 Å². The molecule has 5 heteroatoms. The van der Waals surface area contributed by atoms with E-state index in [-0.39, 0.29) is 6.61 Å². The summed E-state index contributed by atoms with van der Waals surface area (Å²) in [6.07, 6.45) is 0.991. The van der Waals surface area contributed by atoms with E-state index in [1.807, 2.05) is 0 Å². The van der Waals surface area contributed by atoms with Gasteiger partial charge in [0.2, 0.25) is 0 Å². The average molecular weight is 219 g/mol. The lowest BCUT2D eigenvalue weighted by molar-refractivity contribution is -0.147. The number of hydrogen-bond acceptors (Lipinski definition) is 4. The third-order valence-electron chi connectivity index (χ3n) is 2.01. The van der Waals surface area contributed by atoms with Gasteiger partial charge in [-0.15, -0.1) is 5.06 Å². The van der Waals surface area contributed by atoms with Crippen molar-refractivity contribution in [2.45, 2.75) is 0 Å².